The summed E-state index contributed by atoms with van der Waals surface area (Å²) in [4.78, 5) is 12.3. The van der Waals surface area contributed by atoms with E-state index < -0.39 is 0 Å². The van der Waals surface area contributed by atoms with E-state index in [1.165, 1.54) is 0 Å². The van der Waals surface area contributed by atoms with Gasteiger partial charge in [0, 0.05) is 0 Å². The van der Waals surface area contributed by atoms with Gasteiger partial charge in [0.05, 0.1) is 0 Å². The van der Waals surface area contributed by atoms with Crippen LogP contribution in [-0.4, -0.2) is 24.3 Å². The minimum atomic E-state index is 0. The van der Waals surface area contributed by atoms with Gasteiger partial charge in [-0.1, -0.05) is 33.6 Å². The Morgan fingerprint density at radius 3 is 1.67 bits per heavy atom. The zero-order valence-electron chi connectivity index (χ0n) is 10.6. The molecule has 0 saturated carbocycles. The third-order valence-corrected chi connectivity index (χ3v) is 2.21. The van der Waals surface area contributed by atoms with Crippen LogP contribution in [0.25, 0.3) is 0 Å². The van der Waals surface area contributed by atoms with Gasteiger partial charge in [-0.05, 0) is 31.7 Å². The minimum Gasteiger partial charge on any atom is -0.462 e. The number of ketones is 1. The number of hydrogen-bond acceptors (Lipinski definition) is 2. The van der Waals surface area contributed by atoms with Crippen molar-refractivity contribution in [2.75, 3.05) is 13.6 Å². The van der Waals surface area contributed by atoms with Crippen LogP contribution < -0.4 is 0 Å². The van der Waals surface area contributed by atoms with Gasteiger partial charge in [0.1, 0.15) is 0 Å². The topological polar surface area (TPSA) is 20.3 Å². The van der Waals surface area contributed by atoms with Crippen LogP contribution in [0.3, 0.4) is 0 Å². The van der Waals surface area contributed by atoms with Gasteiger partial charge in [-0.2, -0.15) is 0 Å². The van der Waals surface area contributed by atoms with Crippen LogP contribution in [0.1, 0.15) is 40.0 Å². The van der Waals surface area contributed by atoms with E-state index in [-0.39, 0.29) is 26.8 Å². The van der Waals surface area contributed by atoms with Gasteiger partial charge in [0.2, 0.25) is 0 Å². The zero-order chi connectivity index (χ0) is 11.6. The molecule has 2 nitrogen and oxygen atoms in total. The van der Waals surface area contributed by atoms with E-state index in [1.54, 1.807) is 0 Å². The summed E-state index contributed by atoms with van der Waals surface area (Å²) in [6.07, 6.45) is 2.85. The fourth-order valence-corrected chi connectivity index (χ4v) is 0.899. The first-order valence-corrected chi connectivity index (χ1v) is 5.34. The number of hydrogen-bond donors (Lipinski definition) is 0. The van der Waals surface area contributed by atoms with Crippen LogP contribution in [-0.2, 0) is 25.9 Å². The van der Waals surface area contributed by atoms with Crippen molar-refractivity contribution >= 4 is 5.78 Å². The second-order valence-corrected chi connectivity index (χ2v) is 3.60. The quantitative estimate of drug-likeness (QED) is 0.681. The Morgan fingerprint density at radius 1 is 1.27 bits per heavy atom. The zero-order valence-corrected chi connectivity index (χ0v) is 13.5. The molecule has 0 atom stereocenters. The van der Waals surface area contributed by atoms with Crippen LogP contribution in [0.15, 0.2) is 0 Å². The van der Waals surface area contributed by atoms with E-state index in [4.69, 9.17) is 0 Å². The van der Waals surface area contributed by atoms with E-state index in [2.05, 4.69) is 34.7 Å². The first kappa shape index (κ1) is 20.6. The van der Waals surface area contributed by atoms with Crippen LogP contribution in [0.2, 0.25) is 0 Å². The molecule has 0 amide bonds. The molecule has 0 radical (unpaired) electrons. The Bertz CT molecular complexity index is 134. The maximum atomic E-state index is 10.5. The average molecular weight is 383 g/mol. The summed E-state index contributed by atoms with van der Waals surface area (Å²) in [7, 11) is 5.53. The molecule has 0 aliphatic carbocycles. The van der Waals surface area contributed by atoms with Crippen molar-refractivity contribution in [3.8, 4) is 0 Å². The maximum absolute atomic E-state index is 10.5. The molecule has 15 heavy (non-hydrogen) atoms. The van der Waals surface area contributed by atoms with Crippen LogP contribution in [0, 0.1) is 19.9 Å². The van der Waals surface area contributed by atoms with E-state index >= 15 is 0 Å². The Kier molecular flexibility index (Phi) is 19.5. The van der Waals surface area contributed by atoms with Crippen molar-refractivity contribution in [3.63, 3.8) is 0 Å². The second-order valence-electron chi connectivity index (χ2n) is 3.60. The van der Waals surface area contributed by atoms with Gasteiger partial charge in [-0.3, -0.25) is 7.05 Å². The molecule has 0 aromatic carbocycles. The molecule has 3 heteroatoms. The molecule has 90 valence electrons. The Balaban J connectivity index is -0.000000208. The van der Waals surface area contributed by atoms with Crippen molar-refractivity contribution in [2.24, 2.45) is 5.92 Å². The molecule has 0 spiro atoms. The number of carbonyl (C=O) groups is 1. The molecular weight excluding hydrogens is 358 g/mol. The molecule has 0 saturated heterocycles. The third-order valence-electron chi connectivity index (χ3n) is 2.21. The molecule has 0 rings (SSSR count). The van der Waals surface area contributed by atoms with Gasteiger partial charge >= 0.3 is 21.1 Å². The average Bonchev–Trinajstić information content (AvgIpc) is 2.14. The number of carbonyl (C=O) groups excluding carboxylic acids is 1. The first-order valence-electron chi connectivity index (χ1n) is 5.34. The summed E-state index contributed by atoms with van der Waals surface area (Å²) < 4.78 is 0. The number of nitrogens with zero attached hydrogens (tertiary/aromatic N) is 1. The summed E-state index contributed by atoms with van der Waals surface area (Å²) >= 11 is 0. The summed E-state index contributed by atoms with van der Waals surface area (Å²) in [5.41, 5.74) is 0. The predicted molar refractivity (Wildman–Crippen MR) is 62.7 cm³/mol. The van der Waals surface area contributed by atoms with Crippen molar-refractivity contribution in [3.05, 3.63) is 14.0 Å². The summed E-state index contributed by atoms with van der Waals surface area (Å²) in [5, 5.41) is 0. The van der Waals surface area contributed by atoms with Gasteiger partial charge in [0.25, 0.3) is 0 Å². The van der Waals surface area contributed by atoms with Gasteiger partial charge in [-0.25, -0.2) is 0 Å². The molecule has 0 bridgehead atoms. The van der Waals surface area contributed by atoms with Gasteiger partial charge in [0.15, 0.2) is 0 Å². The van der Waals surface area contributed by atoms with Crippen LogP contribution >= 0.6 is 0 Å². The maximum Gasteiger partial charge on any atom is 2.00 e. The van der Waals surface area contributed by atoms with E-state index in [0.29, 0.717) is 12.3 Å². The first-order chi connectivity index (χ1) is 6.47. The molecule has 0 N–H and O–H groups in total. The van der Waals surface area contributed by atoms with E-state index in [1.807, 2.05) is 11.9 Å². The fourth-order valence-electron chi connectivity index (χ4n) is 0.899. The fraction of sp³-hybridized carbons (Fsp3) is 0.750. The summed E-state index contributed by atoms with van der Waals surface area (Å²) in [6, 6.07) is 0. The Morgan fingerprint density at radius 2 is 1.60 bits per heavy atom. The SMILES string of the molecule is [CH2-]C(=O)CC(CC)CC.[CH2-]N(C)CC.[W+2]. The number of Topliss-reactive ketones (excluding diaryl/α,β-unsaturated/α-hetero) is 1. The van der Waals surface area contributed by atoms with Gasteiger partial charge < -0.3 is 16.6 Å². The molecule has 0 aromatic rings. The van der Waals surface area contributed by atoms with Crippen molar-refractivity contribution in [2.45, 2.75) is 40.0 Å². The van der Waals surface area contributed by atoms with Crippen LogP contribution in [0.5, 0.6) is 0 Å². The largest absolute Gasteiger partial charge is 2.00 e. The number of rotatable bonds is 5. The minimum absolute atomic E-state index is 0. The van der Waals surface area contributed by atoms with Crippen molar-refractivity contribution in [1.82, 2.24) is 4.90 Å². The van der Waals surface area contributed by atoms with E-state index in [9.17, 15) is 4.79 Å². The van der Waals surface area contributed by atoms with E-state index in [0.717, 1.165) is 19.4 Å². The second kappa shape index (κ2) is 14.2. The molecular formula is C12H25NOW. The molecule has 0 heterocycles. The van der Waals surface area contributed by atoms with Crippen molar-refractivity contribution < 1.29 is 25.9 Å². The smallest absolute Gasteiger partial charge is 0.462 e. The van der Waals surface area contributed by atoms with Crippen molar-refractivity contribution in [1.29, 1.82) is 0 Å². The summed E-state index contributed by atoms with van der Waals surface area (Å²) in [6.45, 7) is 10.6. The Hall–Kier alpha value is 0.188. The predicted octanol–water partition coefficient (Wildman–Crippen LogP) is 2.94. The Labute approximate surface area is 110 Å². The standard InChI is InChI=1S/C8H15O.C4H10N.W/c1-4-8(5-2)6-7(3)9;1-4-5(2)3;/h8H,3-6H2,1-2H3;2,4H2,1,3H3;/q2*-1;+2. The van der Waals surface area contributed by atoms with Crippen LogP contribution in [0.4, 0.5) is 0 Å². The summed E-state index contributed by atoms with van der Waals surface area (Å²) in [5.74, 6) is 0.638. The third kappa shape index (κ3) is 20.3. The molecule has 0 aliphatic rings. The normalized spacial score (nSPS) is 9.27. The molecule has 0 aliphatic heterocycles. The monoisotopic (exact) mass is 383 g/mol. The molecule has 0 aromatic heterocycles. The molecule has 0 unspecified atom stereocenters. The molecule has 0 fully saturated rings. The van der Waals surface area contributed by atoms with Gasteiger partial charge in [-0.15, -0.1) is 0 Å².